The zero-order chi connectivity index (χ0) is 15.0. The van der Waals surface area contributed by atoms with E-state index in [2.05, 4.69) is 4.98 Å². The first kappa shape index (κ1) is 14.9. The molecule has 3 rings (SSSR count). The van der Waals surface area contributed by atoms with Crippen LogP contribution in [0.15, 0.2) is 18.5 Å². The van der Waals surface area contributed by atoms with Gasteiger partial charge in [0.1, 0.15) is 0 Å². The summed E-state index contributed by atoms with van der Waals surface area (Å²) in [6.07, 6.45) is 2.37. The van der Waals surface area contributed by atoms with Gasteiger partial charge in [-0.15, -0.1) is 0 Å². The minimum absolute atomic E-state index is 0.264. The van der Waals surface area contributed by atoms with Gasteiger partial charge in [-0.1, -0.05) is 6.42 Å². The van der Waals surface area contributed by atoms with Gasteiger partial charge in [-0.25, -0.2) is 0 Å². The smallest absolute Gasteiger partial charge is 0.294 e. The fourth-order valence-corrected chi connectivity index (χ4v) is 5.17. The SMILES string of the molecule is O=C(c1cnccc1C(F)(F)F)C1CC2CCCC(C1)S2. The second kappa shape index (κ2) is 5.63. The fourth-order valence-electron chi connectivity index (χ4n) is 3.33. The van der Waals surface area contributed by atoms with Crippen LogP contribution in [0.4, 0.5) is 13.2 Å². The van der Waals surface area contributed by atoms with Gasteiger partial charge in [0.2, 0.25) is 0 Å². The molecule has 2 unspecified atom stereocenters. The van der Waals surface area contributed by atoms with Crippen LogP contribution in [-0.4, -0.2) is 21.3 Å². The van der Waals surface area contributed by atoms with E-state index in [1.54, 1.807) is 0 Å². The first-order valence-electron chi connectivity index (χ1n) is 7.16. The number of hydrogen-bond donors (Lipinski definition) is 0. The predicted molar refractivity (Wildman–Crippen MR) is 75.3 cm³/mol. The van der Waals surface area contributed by atoms with E-state index < -0.39 is 11.7 Å². The second-order valence-corrected chi connectivity index (χ2v) is 7.37. The molecule has 114 valence electrons. The lowest BCUT2D eigenvalue weighted by Gasteiger charge is -2.38. The van der Waals surface area contributed by atoms with Gasteiger partial charge in [-0.2, -0.15) is 24.9 Å². The molecular formula is C15H16F3NOS. The largest absolute Gasteiger partial charge is 0.417 e. The number of ketones is 1. The predicted octanol–water partition coefficient (Wildman–Crippen LogP) is 4.35. The molecule has 0 radical (unpaired) electrons. The molecule has 3 heterocycles. The summed E-state index contributed by atoms with van der Waals surface area (Å²) in [7, 11) is 0. The number of pyridine rings is 1. The maximum absolute atomic E-state index is 13.0. The van der Waals surface area contributed by atoms with Crippen LogP contribution in [0.5, 0.6) is 0 Å². The molecule has 0 spiro atoms. The van der Waals surface area contributed by atoms with Crippen LogP contribution in [0.2, 0.25) is 0 Å². The Bertz CT molecular complexity index is 534. The Balaban J connectivity index is 1.86. The third-order valence-corrected chi connectivity index (χ3v) is 5.92. The number of carbonyl (C=O) groups is 1. The summed E-state index contributed by atoms with van der Waals surface area (Å²) in [5, 5.41) is 0.856. The van der Waals surface area contributed by atoms with Crippen molar-refractivity contribution in [3.8, 4) is 0 Å². The Kier molecular flexibility index (Phi) is 3.99. The normalized spacial score (nSPS) is 29.2. The number of fused-ring (bicyclic) bond motifs is 2. The summed E-state index contributed by atoms with van der Waals surface area (Å²) in [6, 6.07) is 0.894. The number of hydrogen-bond acceptors (Lipinski definition) is 3. The number of rotatable bonds is 2. The van der Waals surface area contributed by atoms with Gasteiger partial charge in [0.05, 0.1) is 5.56 Å². The molecular weight excluding hydrogens is 299 g/mol. The third kappa shape index (κ3) is 3.10. The number of alkyl halides is 3. The minimum Gasteiger partial charge on any atom is -0.294 e. The lowest BCUT2D eigenvalue weighted by Crippen LogP contribution is -2.33. The number of aromatic nitrogens is 1. The highest BCUT2D eigenvalue weighted by molar-refractivity contribution is 8.00. The lowest BCUT2D eigenvalue weighted by molar-refractivity contribution is -0.138. The van der Waals surface area contributed by atoms with Crippen LogP contribution in [0.25, 0.3) is 0 Å². The molecule has 2 nitrogen and oxygen atoms in total. The zero-order valence-corrected chi connectivity index (χ0v) is 12.2. The Labute approximate surface area is 125 Å². The molecule has 1 aromatic rings. The molecule has 2 fully saturated rings. The Morgan fingerprint density at radius 3 is 2.52 bits per heavy atom. The summed E-state index contributed by atoms with van der Waals surface area (Å²) in [5.41, 5.74) is -1.12. The Morgan fingerprint density at radius 1 is 1.24 bits per heavy atom. The summed E-state index contributed by atoms with van der Waals surface area (Å²) < 4.78 is 39.1. The molecule has 0 N–H and O–H groups in total. The Morgan fingerprint density at radius 2 is 1.90 bits per heavy atom. The van der Waals surface area contributed by atoms with Crippen molar-refractivity contribution in [3.63, 3.8) is 0 Å². The molecule has 21 heavy (non-hydrogen) atoms. The van der Waals surface area contributed by atoms with Gasteiger partial charge in [0, 0.05) is 34.4 Å². The number of nitrogens with zero attached hydrogens (tertiary/aromatic N) is 1. The first-order chi connectivity index (χ1) is 9.95. The zero-order valence-electron chi connectivity index (χ0n) is 11.4. The quantitative estimate of drug-likeness (QED) is 0.760. The van der Waals surface area contributed by atoms with Gasteiger partial charge >= 0.3 is 6.18 Å². The lowest BCUT2D eigenvalue weighted by atomic mass is 9.84. The standard InChI is InChI=1S/C15H16F3NOS/c16-15(17,18)13-4-5-19-8-12(13)14(20)9-6-10-2-1-3-11(7-9)21-10/h4-5,8-11H,1-3,6-7H2. The summed E-state index contributed by atoms with van der Waals surface area (Å²) >= 11 is 1.91. The van der Waals surface area contributed by atoms with E-state index in [1.807, 2.05) is 11.8 Å². The molecule has 0 aliphatic carbocycles. The van der Waals surface area contributed by atoms with E-state index in [0.29, 0.717) is 23.3 Å². The van der Waals surface area contributed by atoms with E-state index >= 15 is 0 Å². The molecule has 2 aliphatic rings. The minimum atomic E-state index is -4.51. The van der Waals surface area contributed by atoms with E-state index in [4.69, 9.17) is 0 Å². The van der Waals surface area contributed by atoms with Gasteiger partial charge < -0.3 is 0 Å². The van der Waals surface area contributed by atoms with Crippen molar-refractivity contribution in [3.05, 3.63) is 29.6 Å². The third-order valence-electron chi connectivity index (χ3n) is 4.29. The molecule has 2 saturated heterocycles. The van der Waals surface area contributed by atoms with Crippen molar-refractivity contribution in [1.29, 1.82) is 0 Å². The van der Waals surface area contributed by atoms with Crippen LogP contribution in [0.3, 0.4) is 0 Å². The van der Waals surface area contributed by atoms with Crippen LogP contribution in [0, 0.1) is 5.92 Å². The van der Waals surface area contributed by atoms with Crippen molar-refractivity contribution in [2.75, 3.05) is 0 Å². The highest BCUT2D eigenvalue weighted by atomic mass is 32.2. The van der Waals surface area contributed by atoms with E-state index in [1.165, 1.54) is 6.42 Å². The summed E-state index contributed by atoms with van der Waals surface area (Å²) in [6.45, 7) is 0. The molecule has 0 amide bonds. The van der Waals surface area contributed by atoms with Gasteiger partial charge in [0.25, 0.3) is 0 Å². The highest BCUT2D eigenvalue weighted by Gasteiger charge is 2.40. The average Bonchev–Trinajstić information content (AvgIpc) is 2.45. The van der Waals surface area contributed by atoms with Gasteiger partial charge in [-0.3, -0.25) is 9.78 Å². The monoisotopic (exact) mass is 315 g/mol. The Hall–Kier alpha value is -1.04. The molecule has 0 saturated carbocycles. The van der Waals surface area contributed by atoms with Crippen LogP contribution >= 0.6 is 11.8 Å². The van der Waals surface area contributed by atoms with E-state index in [0.717, 1.165) is 31.3 Å². The number of halogens is 3. The van der Waals surface area contributed by atoms with Crippen LogP contribution in [0.1, 0.15) is 48.0 Å². The molecule has 2 aliphatic heterocycles. The van der Waals surface area contributed by atoms with E-state index in [-0.39, 0.29) is 17.3 Å². The summed E-state index contributed by atoms with van der Waals surface area (Å²) in [4.78, 5) is 16.3. The summed E-state index contributed by atoms with van der Waals surface area (Å²) in [5.74, 6) is -0.667. The molecule has 2 bridgehead atoms. The topological polar surface area (TPSA) is 30.0 Å². The van der Waals surface area contributed by atoms with Gasteiger partial charge in [0.15, 0.2) is 5.78 Å². The second-order valence-electron chi connectivity index (χ2n) is 5.76. The van der Waals surface area contributed by atoms with Crippen LogP contribution in [-0.2, 0) is 6.18 Å². The highest BCUT2D eigenvalue weighted by Crippen LogP contribution is 2.45. The molecule has 6 heteroatoms. The number of carbonyl (C=O) groups excluding carboxylic acids is 1. The van der Waals surface area contributed by atoms with Crippen LogP contribution < -0.4 is 0 Å². The number of Topliss-reactive ketones (excluding diaryl/α,β-unsaturated/α-hetero) is 1. The van der Waals surface area contributed by atoms with Crippen molar-refractivity contribution >= 4 is 17.5 Å². The fraction of sp³-hybridized carbons (Fsp3) is 0.600. The number of thioether (sulfide) groups is 1. The molecule has 2 atom stereocenters. The van der Waals surface area contributed by atoms with E-state index in [9.17, 15) is 18.0 Å². The average molecular weight is 315 g/mol. The molecule has 0 aromatic carbocycles. The van der Waals surface area contributed by atoms with Gasteiger partial charge in [-0.05, 0) is 31.7 Å². The van der Waals surface area contributed by atoms with Crippen molar-refractivity contribution in [2.24, 2.45) is 5.92 Å². The van der Waals surface area contributed by atoms with Crippen molar-refractivity contribution < 1.29 is 18.0 Å². The molecule has 1 aromatic heterocycles. The maximum atomic E-state index is 13.0. The van der Waals surface area contributed by atoms with Crippen molar-refractivity contribution in [2.45, 2.75) is 48.8 Å². The van der Waals surface area contributed by atoms with Crippen molar-refractivity contribution in [1.82, 2.24) is 4.98 Å². The maximum Gasteiger partial charge on any atom is 0.417 e. The first-order valence-corrected chi connectivity index (χ1v) is 8.10.